The summed E-state index contributed by atoms with van der Waals surface area (Å²) in [4.78, 5) is 5.50. The molecular weight excluding hydrogens is 498 g/mol. The summed E-state index contributed by atoms with van der Waals surface area (Å²) in [5.74, 6) is 1.61. The number of benzene rings is 6. The lowest BCUT2D eigenvalue weighted by Gasteiger charge is -2.20. The lowest BCUT2D eigenvalue weighted by molar-refractivity contribution is 0.483. The lowest BCUT2D eigenvalue weighted by atomic mass is 9.88. The fourth-order valence-electron chi connectivity index (χ4n) is 6.08. The molecule has 0 saturated heterocycles. The quantitative estimate of drug-likeness (QED) is 0.224. The van der Waals surface area contributed by atoms with E-state index in [9.17, 15) is 0 Å². The van der Waals surface area contributed by atoms with Gasteiger partial charge in [-0.3, -0.25) is 0 Å². The maximum atomic E-state index is 6.11. The molecule has 8 rings (SSSR count). The van der Waals surface area contributed by atoms with Gasteiger partial charge in [0.15, 0.2) is 0 Å². The minimum absolute atomic E-state index is 0.794. The van der Waals surface area contributed by atoms with Gasteiger partial charge >= 0.3 is 0 Å². The fourth-order valence-corrected chi connectivity index (χ4v) is 6.08. The second-order valence-electron chi connectivity index (χ2n) is 10.3. The van der Waals surface area contributed by atoms with Crippen molar-refractivity contribution in [3.8, 4) is 67.4 Å². The predicted molar refractivity (Wildman–Crippen MR) is 169 cm³/mol. The van der Waals surface area contributed by atoms with Crippen LogP contribution in [0.5, 0.6) is 11.5 Å². The highest BCUT2D eigenvalue weighted by molar-refractivity contribution is 6.21. The zero-order chi connectivity index (χ0) is 27.2. The predicted octanol–water partition coefficient (Wildman–Crippen LogP) is 10.7. The monoisotopic (exact) mass is 523 g/mol. The van der Waals surface area contributed by atoms with E-state index in [2.05, 4.69) is 109 Å². The largest absolute Gasteiger partial charge is 0.457 e. The molecule has 0 unspecified atom stereocenters. The summed E-state index contributed by atoms with van der Waals surface area (Å²) in [7, 11) is 0. The summed E-state index contributed by atoms with van der Waals surface area (Å²) < 4.78 is 6.11. The number of hydrogen-bond donors (Lipinski definition) is 0. The molecule has 6 aromatic carbocycles. The van der Waals surface area contributed by atoms with Crippen molar-refractivity contribution < 1.29 is 4.74 Å². The first-order valence-electron chi connectivity index (χ1n) is 13.9. The zero-order valence-corrected chi connectivity index (χ0v) is 22.3. The number of ether oxygens (including phenoxy) is 1. The Bertz CT molecular complexity index is 2030. The molecule has 0 N–H and O–H groups in total. The van der Waals surface area contributed by atoms with E-state index >= 15 is 0 Å². The molecule has 2 heteroatoms. The maximum Gasteiger partial charge on any atom is 0.127 e. The van der Waals surface area contributed by atoms with Gasteiger partial charge in [-0.25, -0.2) is 4.98 Å². The summed E-state index contributed by atoms with van der Waals surface area (Å²) in [6, 6.07) is 52.7. The van der Waals surface area contributed by atoms with E-state index in [1.54, 1.807) is 0 Å². The van der Waals surface area contributed by atoms with Gasteiger partial charge in [0.2, 0.25) is 0 Å². The molecule has 0 fully saturated rings. The molecule has 0 saturated carbocycles. The number of nitrogens with zero attached hydrogens (tertiary/aromatic N) is 1. The van der Waals surface area contributed by atoms with Gasteiger partial charge in [-0.1, -0.05) is 115 Å². The maximum absolute atomic E-state index is 6.11. The molecule has 1 heterocycles. The molecule has 1 aromatic heterocycles. The minimum atomic E-state index is 0.794. The number of para-hydroxylation sites is 1. The number of rotatable bonds is 5. The van der Waals surface area contributed by atoms with Gasteiger partial charge in [0.05, 0.1) is 11.4 Å². The van der Waals surface area contributed by atoms with E-state index in [1.165, 1.54) is 33.0 Å². The van der Waals surface area contributed by atoms with Crippen LogP contribution < -0.4 is 4.74 Å². The Balaban J connectivity index is 1.42. The third-order valence-corrected chi connectivity index (χ3v) is 7.86. The van der Waals surface area contributed by atoms with E-state index in [1.807, 2.05) is 42.5 Å². The zero-order valence-electron chi connectivity index (χ0n) is 22.3. The molecule has 0 spiro atoms. The Morgan fingerprint density at radius 2 is 0.878 bits per heavy atom. The first-order chi connectivity index (χ1) is 20.3. The van der Waals surface area contributed by atoms with Crippen molar-refractivity contribution in [1.29, 1.82) is 0 Å². The second-order valence-corrected chi connectivity index (χ2v) is 10.3. The number of pyridine rings is 1. The van der Waals surface area contributed by atoms with Gasteiger partial charge in [-0.2, -0.15) is 0 Å². The molecule has 1 aliphatic carbocycles. The standard InChI is InChI=1S/C39H25NO/c1-4-12-27(13-5-1)35-36-32-20-10-16-26-17-11-21-33(34(26)32)37(36)39(28-14-6-2-7-15-28)40-38(35)29-22-24-31(25-23-29)41-30-18-8-3-9-19-30/h1-25H. The van der Waals surface area contributed by atoms with Crippen LogP contribution in [0, 0.1) is 0 Å². The van der Waals surface area contributed by atoms with E-state index in [-0.39, 0.29) is 0 Å². The molecule has 0 bridgehead atoms. The van der Waals surface area contributed by atoms with Crippen LogP contribution in [-0.2, 0) is 0 Å². The summed E-state index contributed by atoms with van der Waals surface area (Å²) in [6.07, 6.45) is 0. The Hall–Kier alpha value is -5.47. The number of hydrogen-bond acceptors (Lipinski definition) is 2. The van der Waals surface area contributed by atoms with E-state index < -0.39 is 0 Å². The van der Waals surface area contributed by atoms with Gasteiger partial charge in [-0.05, 0) is 63.9 Å². The summed E-state index contributed by atoms with van der Waals surface area (Å²) in [6.45, 7) is 0. The smallest absolute Gasteiger partial charge is 0.127 e. The first kappa shape index (κ1) is 23.4. The highest BCUT2D eigenvalue weighted by atomic mass is 16.5. The molecule has 41 heavy (non-hydrogen) atoms. The third kappa shape index (κ3) is 3.92. The van der Waals surface area contributed by atoms with Crippen molar-refractivity contribution in [2.75, 3.05) is 0 Å². The van der Waals surface area contributed by atoms with E-state index in [0.717, 1.165) is 45.1 Å². The molecule has 2 nitrogen and oxygen atoms in total. The number of aromatic nitrogens is 1. The van der Waals surface area contributed by atoms with Crippen LogP contribution in [0.4, 0.5) is 0 Å². The molecule has 1 aliphatic rings. The Labute approximate surface area is 239 Å². The molecule has 192 valence electrons. The van der Waals surface area contributed by atoms with Gasteiger partial charge in [0.1, 0.15) is 11.5 Å². The highest BCUT2D eigenvalue weighted by Gasteiger charge is 2.31. The topological polar surface area (TPSA) is 22.1 Å². The average molecular weight is 524 g/mol. The molecule has 0 aliphatic heterocycles. The van der Waals surface area contributed by atoms with Gasteiger partial charge in [-0.15, -0.1) is 0 Å². The fraction of sp³-hybridized carbons (Fsp3) is 0. The van der Waals surface area contributed by atoms with E-state index in [0.29, 0.717) is 0 Å². The van der Waals surface area contributed by atoms with Crippen LogP contribution in [-0.4, -0.2) is 4.98 Å². The Kier molecular flexibility index (Phi) is 5.49. The normalized spacial score (nSPS) is 11.4. The summed E-state index contributed by atoms with van der Waals surface area (Å²) >= 11 is 0. The number of fused-ring (bicyclic) bond motifs is 3. The van der Waals surface area contributed by atoms with E-state index in [4.69, 9.17) is 9.72 Å². The summed E-state index contributed by atoms with van der Waals surface area (Å²) in [5.41, 5.74) is 11.4. The van der Waals surface area contributed by atoms with Crippen LogP contribution >= 0.6 is 0 Å². The van der Waals surface area contributed by atoms with Crippen LogP contribution in [0.2, 0.25) is 0 Å². The highest BCUT2D eigenvalue weighted by Crippen LogP contribution is 2.55. The molecule has 0 amide bonds. The molecule has 7 aromatic rings. The minimum Gasteiger partial charge on any atom is -0.457 e. The van der Waals surface area contributed by atoms with Gasteiger partial charge < -0.3 is 4.74 Å². The van der Waals surface area contributed by atoms with Gasteiger partial charge in [0.25, 0.3) is 0 Å². The van der Waals surface area contributed by atoms with Crippen LogP contribution in [0.15, 0.2) is 152 Å². The Morgan fingerprint density at radius 1 is 0.366 bits per heavy atom. The first-order valence-corrected chi connectivity index (χ1v) is 13.9. The van der Waals surface area contributed by atoms with Crippen molar-refractivity contribution in [1.82, 2.24) is 4.98 Å². The third-order valence-electron chi connectivity index (χ3n) is 7.86. The van der Waals surface area contributed by atoms with Crippen molar-refractivity contribution >= 4 is 10.8 Å². The lowest BCUT2D eigenvalue weighted by Crippen LogP contribution is -1.98. The molecule has 0 radical (unpaired) electrons. The van der Waals surface area contributed by atoms with Crippen LogP contribution in [0.1, 0.15) is 0 Å². The molecule has 0 atom stereocenters. The average Bonchev–Trinajstić information content (AvgIpc) is 3.38. The van der Waals surface area contributed by atoms with Crippen LogP contribution in [0.25, 0.3) is 66.7 Å². The summed E-state index contributed by atoms with van der Waals surface area (Å²) in [5, 5.41) is 2.54. The van der Waals surface area contributed by atoms with Crippen LogP contribution in [0.3, 0.4) is 0 Å². The van der Waals surface area contributed by atoms with Gasteiger partial charge in [0, 0.05) is 27.8 Å². The van der Waals surface area contributed by atoms with Crippen molar-refractivity contribution in [2.45, 2.75) is 0 Å². The molecular formula is C39H25NO. The SMILES string of the molecule is c1ccc(Oc2ccc(-c3nc(-c4ccccc4)c4c(c3-c3ccccc3)-c3cccc5cccc-4c35)cc2)cc1. The van der Waals surface area contributed by atoms with Crippen molar-refractivity contribution in [2.24, 2.45) is 0 Å². The Morgan fingerprint density at radius 3 is 1.54 bits per heavy atom. The van der Waals surface area contributed by atoms with Crippen molar-refractivity contribution in [3.63, 3.8) is 0 Å². The van der Waals surface area contributed by atoms with Crippen molar-refractivity contribution in [3.05, 3.63) is 152 Å². The second kappa shape index (κ2) is 9.62.